The first-order valence-electron chi connectivity index (χ1n) is 9.91. The lowest BCUT2D eigenvalue weighted by molar-refractivity contribution is -0.149. The number of ether oxygens (including phenoxy) is 3. The Hall–Kier alpha value is -1.39. The third kappa shape index (κ3) is 8.32. The van der Waals surface area contributed by atoms with Gasteiger partial charge in [-0.05, 0) is 6.42 Å². The van der Waals surface area contributed by atoms with Crippen LogP contribution < -0.4 is 0 Å². The van der Waals surface area contributed by atoms with Crippen molar-refractivity contribution in [3.05, 3.63) is 11.5 Å². The molecular weight excluding hydrogens is 372 g/mol. The number of aliphatic hydroxyl groups is 5. The number of cyclic esters (lactones) is 1. The number of rotatable bonds is 16. The normalized spacial score (nSPS) is 20.1. The number of unbranched alkanes of at least 4 members (excludes halogenated alkanes) is 5. The van der Waals surface area contributed by atoms with Crippen LogP contribution in [0.5, 0.6) is 0 Å². The lowest BCUT2D eigenvalue weighted by Gasteiger charge is -2.19. The summed E-state index contributed by atoms with van der Waals surface area (Å²) in [7, 11) is 0. The van der Waals surface area contributed by atoms with E-state index in [9.17, 15) is 20.1 Å². The molecule has 0 aromatic carbocycles. The van der Waals surface area contributed by atoms with Crippen molar-refractivity contribution < 1.29 is 44.5 Å². The molecule has 9 nitrogen and oxygen atoms in total. The second kappa shape index (κ2) is 13.7. The molecule has 1 aliphatic rings. The highest BCUT2D eigenvalue weighted by Crippen LogP contribution is 2.27. The predicted molar refractivity (Wildman–Crippen MR) is 99.0 cm³/mol. The zero-order valence-electron chi connectivity index (χ0n) is 16.5. The second-order valence-electron chi connectivity index (χ2n) is 6.94. The fourth-order valence-electron chi connectivity index (χ4n) is 2.74. The second-order valence-corrected chi connectivity index (χ2v) is 6.94. The van der Waals surface area contributed by atoms with Crippen LogP contribution in [-0.4, -0.2) is 82.3 Å². The van der Waals surface area contributed by atoms with E-state index in [4.69, 9.17) is 24.4 Å². The van der Waals surface area contributed by atoms with E-state index in [0.717, 1.165) is 19.3 Å². The Balaban J connectivity index is 2.59. The monoisotopic (exact) mass is 406 g/mol. The minimum absolute atomic E-state index is 0.156. The van der Waals surface area contributed by atoms with Crippen molar-refractivity contribution in [3.63, 3.8) is 0 Å². The molecule has 0 radical (unpaired) electrons. The van der Waals surface area contributed by atoms with E-state index >= 15 is 0 Å². The summed E-state index contributed by atoms with van der Waals surface area (Å²) in [5.74, 6) is -1.38. The Morgan fingerprint density at radius 3 is 2.21 bits per heavy atom. The number of hydrogen-bond donors (Lipinski definition) is 5. The van der Waals surface area contributed by atoms with Crippen LogP contribution >= 0.6 is 0 Å². The zero-order valence-corrected chi connectivity index (χ0v) is 16.5. The van der Waals surface area contributed by atoms with Gasteiger partial charge >= 0.3 is 5.97 Å². The number of carbonyl (C=O) groups is 1. The van der Waals surface area contributed by atoms with Crippen LogP contribution in [0.3, 0.4) is 0 Å². The fourth-order valence-corrected chi connectivity index (χ4v) is 2.74. The Bertz CT molecular complexity index is 480. The smallest absolute Gasteiger partial charge is 0.378 e. The van der Waals surface area contributed by atoms with Gasteiger partial charge in [-0.15, -0.1) is 0 Å². The van der Waals surface area contributed by atoms with Gasteiger partial charge in [-0.25, -0.2) is 4.79 Å². The highest BCUT2D eigenvalue weighted by Gasteiger charge is 2.42. The van der Waals surface area contributed by atoms with E-state index in [1.807, 2.05) is 0 Å². The van der Waals surface area contributed by atoms with Gasteiger partial charge in [-0.1, -0.05) is 45.4 Å². The maximum absolute atomic E-state index is 12.0. The van der Waals surface area contributed by atoms with Crippen molar-refractivity contribution in [2.75, 3.05) is 26.4 Å². The fraction of sp³-hybridized carbons (Fsp3) is 0.842. The SMILES string of the molecule is CCCCCCCCC(O)COC1=C(OCC(O)CO)[C@@H]([C@@H](O)CO)OC1=O. The molecule has 4 atom stereocenters. The van der Waals surface area contributed by atoms with E-state index in [-0.39, 0.29) is 24.7 Å². The summed E-state index contributed by atoms with van der Waals surface area (Å²) >= 11 is 0. The van der Waals surface area contributed by atoms with Gasteiger partial charge in [0.1, 0.15) is 25.4 Å². The average Bonchev–Trinajstić information content (AvgIpc) is 3.01. The maximum Gasteiger partial charge on any atom is 0.378 e. The van der Waals surface area contributed by atoms with Crippen LogP contribution in [-0.2, 0) is 19.0 Å². The first-order valence-corrected chi connectivity index (χ1v) is 9.91. The van der Waals surface area contributed by atoms with E-state index < -0.39 is 43.6 Å². The molecule has 0 fully saturated rings. The van der Waals surface area contributed by atoms with Crippen LogP contribution in [0.1, 0.15) is 51.9 Å². The lowest BCUT2D eigenvalue weighted by atomic mass is 10.1. The predicted octanol–water partition coefficient (Wildman–Crippen LogP) is -0.0255. The van der Waals surface area contributed by atoms with Crippen molar-refractivity contribution in [3.8, 4) is 0 Å². The molecule has 0 spiro atoms. The molecular formula is C19H34O9. The molecule has 0 saturated heterocycles. The molecule has 1 aliphatic heterocycles. The zero-order chi connectivity index (χ0) is 20.9. The first kappa shape index (κ1) is 24.6. The molecule has 164 valence electrons. The van der Waals surface area contributed by atoms with Crippen LogP contribution in [0.15, 0.2) is 11.5 Å². The van der Waals surface area contributed by atoms with Gasteiger partial charge in [0.05, 0.1) is 19.3 Å². The Kier molecular flexibility index (Phi) is 12.1. The summed E-state index contributed by atoms with van der Waals surface area (Å²) in [6.07, 6.45) is 2.36. The number of hydrogen-bond acceptors (Lipinski definition) is 9. The maximum atomic E-state index is 12.0. The van der Waals surface area contributed by atoms with E-state index in [2.05, 4.69) is 6.92 Å². The molecule has 0 saturated carbocycles. The molecule has 5 N–H and O–H groups in total. The molecule has 1 rings (SSSR count). The molecule has 1 heterocycles. The largest absolute Gasteiger partial charge is 0.487 e. The van der Waals surface area contributed by atoms with Gasteiger partial charge in [-0.3, -0.25) is 0 Å². The van der Waals surface area contributed by atoms with Gasteiger partial charge < -0.3 is 39.7 Å². The van der Waals surface area contributed by atoms with E-state index in [1.54, 1.807) is 0 Å². The molecule has 28 heavy (non-hydrogen) atoms. The van der Waals surface area contributed by atoms with Crippen LogP contribution in [0, 0.1) is 0 Å². The van der Waals surface area contributed by atoms with Crippen LogP contribution in [0.4, 0.5) is 0 Å². The van der Waals surface area contributed by atoms with Crippen molar-refractivity contribution >= 4 is 5.97 Å². The van der Waals surface area contributed by atoms with Crippen molar-refractivity contribution in [2.45, 2.75) is 76.3 Å². The van der Waals surface area contributed by atoms with Gasteiger partial charge in [0.2, 0.25) is 5.76 Å². The number of aliphatic hydroxyl groups excluding tert-OH is 5. The highest BCUT2D eigenvalue weighted by molar-refractivity contribution is 5.89. The average molecular weight is 406 g/mol. The standard InChI is InChI=1S/C19H34O9/c1-2-3-4-5-6-7-8-13(22)11-27-18-17(26-12-14(23)9-20)16(15(24)10-21)28-19(18)25/h13-16,20-24H,2-12H2,1H3/t13?,14?,15-,16+/m0/s1. The molecule has 9 heteroatoms. The summed E-state index contributed by atoms with van der Waals surface area (Å²) in [5.41, 5.74) is 0. The lowest BCUT2D eigenvalue weighted by Crippen LogP contribution is -2.33. The summed E-state index contributed by atoms with van der Waals surface area (Å²) < 4.78 is 15.6. The molecule has 0 aromatic rings. The van der Waals surface area contributed by atoms with Gasteiger partial charge in [0.25, 0.3) is 0 Å². The number of carbonyl (C=O) groups excluding carboxylic acids is 1. The van der Waals surface area contributed by atoms with Gasteiger partial charge in [-0.2, -0.15) is 0 Å². The summed E-state index contributed by atoms with van der Waals surface area (Å²) in [6.45, 7) is 0.404. The topological polar surface area (TPSA) is 146 Å². The van der Waals surface area contributed by atoms with Crippen molar-refractivity contribution in [2.24, 2.45) is 0 Å². The molecule has 2 unspecified atom stereocenters. The Morgan fingerprint density at radius 1 is 0.929 bits per heavy atom. The highest BCUT2D eigenvalue weighted by atomic mass is 16.6. The quantitative estimate of drug-likeness (QED) is 0.176. The van der Waals surface area contributed by atoms with Crippen LogP contribution in [0.2, 0.25) is 0 Å². The summed E-state index contributed by atoms with van der Waals surface area (Å²) in [4.78, 5) is 12.0. The van der Waals surface area contributed by atoms with Crippen molar-refractivity contribution in [1.82, 2.24) is 0 Å². The summed E-state index contributed by atoms with van der Waals surface area (Å²) in [5, 5.41) is 47.3. The molecule has 0 bridgehead atoms. The third-order valence-electron chi connectivity index (χ3n) is 4.39. The van der Waals surface area contributed by atoms with Crippen LogP contribution in [0.25, 0.3) is 0 Å². The minimum atomic E-state index is -1.43. The molecule has 0 aliphatic carbocycles. The van der Waals surface area contributed by atoms with Gasteiger partial charge in [0.15, 0.2) is 11.9 Å². The third-order valence-corrected chi connectivity index (χ3v) is 4.39. The van der Waals surface area contributed by atoms with E-state index in [0.29, 0.717) is 6.42 Å². The first-order chi connectivity index (χ1) is 13.4. The molecule has 0 amide bonds. The molecule has 0 aromatic heterocycles. The van der Waals surface area contributed by atoms with E-state index in [1.165, 1.54) is 19.3 Å². The Labute approximate surface area is 165 Å². The Morgan fingerprint density at radius 2 is 1.57 bits per heavy atom. The van der Waals surface area contributed by atoms with Crippen molar-refractivity contribution in [1.29, 1.82) is 0 Å². The van der Waals surface area contributed by atoms with Gasteiger partial charge in [0, 0.05) is 0 Å². The summed E-state index contributed by atoms with van der Waals surface area (Å²) in [6, 6.07) is 0. The number of esters is 1. The minimum Gasteiger partial charge on any atom is -0.487 e.